The fourth-order valence-corrected chi connectivity index (χ4v) is 2.98. The van der Waals surface area contributed by atoms with Crippen molar-refractivity contribution >= 4 is 17.7 Å². The number of amides is 1. The largest absolute Gasteiger partial charge is 0.408 e. The second-order valence-electron chi connectivity index (χ2n) is 5.11. The molecule has 1 fully saturated rings. The maximum atomic E-state index is 12.3. The minimum Gasteiger partial charge on any atom is -0.342 e. The Bertz CT molecular complexity index is 492. The van der Waals surface area contributed by atoms with Crippen LogP contribution in [0.5, 0.6) is 0 Å². The molecule has 0 bridgehead atoms. The first-order valence-electron chi connectivity index (χ1n) is 6.58. The summed E-state index contributed by atoms with van der Waals surface area (Å²) in [6.07, 6.45) is -2.33. The van der Waals surface area contributed by atoms with Gasteiger partial charge in [-0.3, -0.25) is 4.79 Å². The van der Waals surface area contributed by atoms with Crippen molar-refractivity contribution in [2.75, 3.05) is 18.8 Å². The minimum absolute atomic E-state index is 0.00531. The van der Waals surface area contributed by atoms with Gasteiger partial charge in [0.1, 0.15) is 6.54 Å². The molecule has 0 aliphatic carbocycles. The van der Waals surface area contributed by atoms with E-state index in [1.165, 1.54) is 0 Å². The van der Waals surface area contributed by atoms with E-state index in [0.717, 1.165) is 24.6 Å². The average Bonchev–Trinajstić information content (AvgIpc) is 2.81. The third kappa shape index (κ3) is 4.87. The van der Waals surface area contributed by atoms with Gasteiger partial charge in [0.2, 0.25) is 11.1 Å². The third-order valence-corrected chi connectivity index (χ3v) is 4.10. The van der Waals surface area contributed by atoms with Crippen molar-refractivity contribution in [2.24, 2.45) is 5.92 Å². The summed E-state index contributed by atoms with van der Waals surface area (Å²) in [7, 11) is 0. The van der Waals surface area contributed by atoms with Gasteiger partial charge < -0.3 is 4.90 Å². The molecule has 0 radical (unpaired) electrons. The third-order valence-electron chi connectivity index (χ3n) is 3.16. The molecule has 1 amide bonds. The zero-order chi connectivity index (χ0) is 15.5. The first-order valence-corrected chi connectivity index (χ1v) is 7.57. The molecule has 1 atom stereocenters. The molecule has 1 aromatic heterocycles. The van der Waals surface area contributed by atoms with Crippen molar-refractivity contribution in [3.63, 3.8) is 0 Å². The molecule has 0 aromatic carbocycles. The molecular weight excluding hydrogens is 307 g/mol. The van der Waals surface area contributed by atoms with Crippen molar-refractivity contribution in [1.29, 1.82) is 0 Å². The Labute approximate surface area is 124 Å². The number of hydrogen-bond donors (Lipinski definition) is 0. The number of carbonyl (C=O) groups is 1. The second-order valence-corrected chi connectivity index (χ2v) is 6.05. The molecule has 21 heavy (non-hydrogen) atoms. The van der Waals surface area contributed by atoms with Crippen molar-refractivity contribution in [3.8, 4) is 0 Å². The molecule has 0 unspecified atom stereocenters. The highest BCUT2D eigenvalue weighted by Crippen LogP contribution is 2.22. The Morgan fingerprint density at radius 3 is 2.90 bits per heavy atom. The molecular formula is C11H16F3N5OS. The topological polar surface area (TPSA) is 63.9 Å². The maximum Gasteiger partial charge on any atom is 0.408 e. The van der Waals surface area contributed by atoms with E-state index in [1.54, 1.807) is 4.90 Å². The average molecular weight is 323 g/mol. The standard InChI is InChI=1S/C11H16F3N5OS/c1-8-3-2-4-18(5-8)9(20)6-21-10-15-16-17-19(10)7-11(12,13)14/h8H,2-7H2,1H3/t8-/m0/s1. The monoisotopic (exact) mass is 323 g/mol. The quantitative estimate of drug-likeness (QED) is 0.787. The van der Waals surface area contributed by atoms with E-state index in [-0.39, 0.29) is 16.8 Å². The van der Waals surface area contributed by atoms with Crippen LogP contribution in [0.2, 0.25) is 0 Å². The first kappa shape index (κ1) is 16.1. The van der Waals surface area contributed by atoms with Crippen LogP contribution in [0.3, 0.4) is 0 Å². The number of piperidine rings is 1. The summed E-state index contributed by atoms with van der Waals surface area (Å²) in [5.41, 5.74) is 0. The SMILES string of the molecule is C[C@H]1CCCN(C(=O)CSc2nnnn2CC(F)(F)F)C1. The molecule has 118 valence electrons. The molecule has 0 N–H and O–H groups in total. The van der Waals surface area contributed by atoms with Crippen LogP contribution in [0.1, 0.15) is 19.8 Å². The fourth-order valence-electron chi connectivity index (χ4n) is 2.20. The van der Waals surface area contributed by atoms with Crippen LogP contribution in [0.15, 0.2) is 5.16 Å². The van der Waals surface area contributed by atoms with Gasteiger partial charge in [0.15, 0.2) is 0 Å². The zero-order valence-corrected chi connectivity index (χ0v) is 12.3. The number of rotatable bonds is 4. The van der Waals surface area contributed by atoms with E-state index in [2.05, 4.69) is 22.4 Å². The lowest BCUT2D eigenvalue weighted by Crippen LogP contribution is -2.40. The van der Waals surface area contributed by atoms with Crippen molar-refractivity contribution in [2.45, 2.75) is 37.6 Å². The summed E-state index contributed by atoms with van der Waals surface area (Å²) in [5, 5.41) is 10.1. The van der Waals surface area contributed by atoms with Gasteiger partial charge in [0, 0.05) is 13.1 Å². The fraction of sp³-hybridized carbons (Fsp3) is 0.818. The van der Waals surface area contributed by atoms with Crippen LogP contribution >= 0.6 is 11.8 Å². The summed E-state index contributed by atoms with van der Waals surface area (Å²) in [5.74, 6) is 0.418. The highest BCUT2D eigenvalue weighted by molar-refractivity contribution is 7.99. The van der Waals surface area contributed by atoms with E-state index in [4.69, 9.17) is 0 Å². The molecule has 1 saturated heterocycles. The van der Waals surface area contributed by atoms with Gasteiger partial charge >= 0.3 is 6.18 Å². The smallest absolute Gasteiger partial charge is 0.342 e. The number of thioether (sulfide) groups is 1. The molecule has 1 aliphatic rings. The van der Waals surface area contributed by atoms with Gasteiger partial charge in [-0.1, -0.05) is 18.7 Å². The molecule has 1 aliphatic heterocycles. The number of tetrazole rings is 1. The lowest BCUT2D eigenvalue weighted by Gasteiger charge is -2.30. The van der Waals surface area contributed by atoms with Crippen LogP contribution in [-0.2, 0) is 11.3 Å². The summed E-state index contributed by atoms with van der Waals surface area (Å²) in [4.78, 5) is 13.8. The number of alkyl halides is 3. The van der Waals surface area contributed by atoms with Gasteiger partial charge in [0.05, 0.1) is 5.75 Å². The van der Waals surface area contributed by atoms with E-state index in [0.29, 0.717) is 23.7 Å². The normalized spacial score (nSPS) is 19.8. The number of nitrogens with zero attached hydrogens (tertiary/aromatic N) is 5. The van der Waals surface area contributed by atoms with Crippen molar-refractivity contribution in [1.82, 2.24) is 25.1 Å². The molecule has 2 rings (SSSR count). The Balaban J connectivity index is 1.88. The van der Waals surface area contributed by atoms with Crippen LogP contribution in [0.4, 0.5) is 13.2 Å². The van der Waals surface area contributed by atoms with Gasteiger partial charge in [-0.15, -0.1) is 5.10 Å². The summed E-state index contributed by atoms with van der Waals surface area (Å²) in [6, 6.07) is 0. The van der Waals surface area contributed by atoms with E-state index < -0.39 is 12.7 Å². The van der Waals surface area contributed by atoms with Crippen LogP contribution in [0, 0.1) is 5.92 Å². The molecule has 1 aromatic rings. The number of aromatic nitrogens is 4. The van der Waals surface area contributed by atoms with Crippen molar-refractivity contribution < 1.29 is 18.0 Å². The number of carbonyl (C=O) groups excluding carboxylic acids is 1. The zero-order valence-electron chi connectivity index (χ0n) is 11.5. The molecule has 2 heterocycles. The summed E-state index contributed by atoms with van der Waals surface area (Å²) >= 11 is 0.933. The minimum atomic E-state index is -4.39. The Morgan fingerprint density at radius 1 is 1.48 bits per heavy atom. The highest BCUT2D eigenvalue weighted by Gasteiger charge is 2.30. The lowest BCUT2D eigenvalue weighted by atomic mass is 10.0. The van der Waals surface area contributed by atoms with Gasteiger partial charge in [0.25, 0.3) is 0 Å². The van der Waals surface area contributed by atoms with Gasteiger partial charge in [-0.2, -0.15) is 13.2 Å². The molecule has 0 spiro atoms. The van der Waals surface area contributed by atoms with Crippen LogP contribution in [-0.4, -0.2) is 56.0 Å². The number of likely N-dealkylation sites (tertiary alicyclic amines) is 1. The predicted octanol–water partition coefficient (Wildman–Crippen LogP) is 1.59. The second kappa shape index (κ2) is 6.63. The molecule has 6 nitrogen and oxygen atoms in total. The van der Waals surface area contributed by atoms with E-state index in [9.17, 15) is 18.0 Å². The Morgan fingerprint density at radius 2 is 2.24 bits per heavy atom. The van der Waals surface area contributed by atoms with E-state index in [1.807, 2.05) is 0 Å². The summed E-state index contributed by atoms with van der Waals surface area (Å²) < 4.78 is 37.7. The van der Waals surface area contributed by atoms with Gasteiger partial charge in [-0.25, -0.2) is 4.68 Å². The van der Waals surface area contributed by atoms with Crippen LogP contribution < -0.4 is 0 Å². The molecule has 10 heteroatoms. The lowest BCUT2D eigenvalue weighted by molar-refractivity contribution is -0.144. The summed E-state index contributed by atoms with van der Waals surface area (Å²) in [6.45, 7) is 2.23. The van der Waals surface area contributed by atoms with E-state index >= 15 is 0 Å². The first-order chi connectivity index (χ1) is 9.85. The van der Waals surface area contributed by atoms with Crippen LogP contribution in [0.25, 0.3) is 0 Å². The highest BCUT2D eigenvalue weighted by atomic mass is 32.2. The predicted molar refractivity (Wildman–Crippen MR) is 69.6 cm³/mol. The number of halogens is 3. The maximum absolute atomic E-state index is 12.3. The molecule has 0 saturated carbocycles. The number of hydrogen-bond acceptors (Lipinski definition) is 5. The Hall–Kier alpha value is -1.32. The van der Waals surface area contributed by atoms with Crippen molar-refractivity contribution in [3.05, 3.63) is 0 Å². The Kier molecular flexibility index (Phi) is 5.07. The van der Waals surface area contributed by atoms with Gasteiger partial charge in [-0.05, 0) is 29.2 Å².